The molecule has 2 N–H and O–H groups in total. The minimum absolute atomic E-state index is 0.0552. The maximum absolute atomic E-state index is 13.7. The standard InChI is InChI=1S/C22H34F2N4O2/c1-21(2,3)17(20(30)25-4)27-19(29)16-15-8-6-5-7-13-28(15)18(26-16)14-9-11-22(23,24)12-10-14/h14,17H,5-13H2,1-4H3,(H,25,30)(H,27,29)/t17-/m1/s1. The van der Waals surface area contributed by atoms with Gasteiger partial charge in [0.15, 0.2) is 0 Å². The number of hydrogen-bond acceptors (Lipinski definition) is 3. The topological polar surface area (TPSA) is 76.0 Å². The lowest BCUT2D eigenvalue weighted by atomic mass is 9.86. The van der Waals surface area contributed by atoms with Gasteiger partial charge < -0.3 is 15.2 Å². The monoisotopic (exact) mass is 424 g/mol. The molecule has 8 heteroatoms. The van der Waals surface area contributed by atoms with Crippen LogP contribution < -0.4 is 10.6 Å². The second-order valence-electron chi connectivity index (χ2n) is 9.74. The maximum Gasteiger partial charge on any atom is 0.272 e. The van der Waals surface area contributed by atoms with Crippen LogP contribution in [0, 0.1) is 5.41 Å². The molecule has 2 aliphatic rings. The van der Waals surface area contributed by atoms with Crippen LogP contribution in [-0.4, -0.2) is 40.4 Å². The fourth-order valence-corrected chi connectivity index (χ4v) is 4.56. The van der Waals surface area contributed by atoms with Gasteiger partial charge in [0, 0.05) is 32.4 Å². The zero-order valence-electron chi connectivity index (χ0n) is 18.5. The van der Waals surface area contributed by atoms with Gasteiger partial charge in [-0.1, -0.05) is 27.2 Å². The molecule has 0 radical (unpaired) electrons. The summed E-state index contributed by atoms with van der Waals surface area (Å²) in [4.78, 5) is 30.3. The van der Waals surface area contributed by atoms with Gasteiger partial charge in [-0.3, -0.25) is 9.59 Å². The molecule has 0 bridgehead atoms. The summed E-state index contributed by atoms with van der Waals surface area (Å²) < 4.78 is 29.4. The number of nitrogens with zero attached hydrogens (tertiary/aromatic N) is 2. The number of amides is 2. The second-order valence-corrected chi connectivity index (χ2v) is 9.74. The number of aromatic nitrogens is 2. The molecular formula is C22H34F2N4O2. The molecular weight excluding hydrogens is 390 g/mol. The van der Waals surface area contributed by atoms with Crippen LogP contribution >= 0.6 is 0 Å². The molecule has 0 spiro atoms. The number of hydrogen-bond donors (Lipinski definition) is 2. The fourth-order valence-electron chi connectivity index (χ4n) is 4.56. The lowest BCUT2D eigenvalue weighted by Gasteiger charge is -2.29. The van der Waals surface area contributed by atoms with Crippen LogP contribution in [0.25, 0.3) is 0 Å². The highest BCUT2D eigenvalue weighted by atomic mass is 19.3. The highest BCUT2D eigenvalue weighted by Gasteiger charge is 2.39. The zero-order chi connectivity index (χ0) is 22.1. The maximum atomic E-state index is 13.7. The molecule has 1 fully saturated rings. The van der Waals surface area contributed by atoms with Crippen LogP contribution in [0.5, 0.6) is 0 Å². The summed E-state index contributed by atoms with van der Waals surface area (Å²) in [6, 6.07) is -0.699. The summed E-state index contributed by atoms with van der Waals surface area (Å²) >= 11 is 0. The Morgan fingerprint density at radius 1 is 1.17 bits per heavy atom. The van der Waals surface area contributed by atoms with Gasteiger partial charge in [-0.2, -0.15) is 0 Å². The van der Waals surface area contributed by atoms with Gasteiger partial charge in [0.05, 0.1) is 5.69 Å². The second kappa shape index (κ2) is 8.63. The first-order valence-electron chi connectivity index (χ1n) is 11.0. The van der Waals surface area contributed by atoms with Gasteiger partial charge in [0.1, 0.15) is 17.6 Å². The summed E-state index contributed by atoms with van der Waals surface area (Å²) in [5, 5.41) is 5.49. The summed E-state index contributed by atoms with van der Waals surface area (Å²) in [5.74, 6) is -2.51. The Balaban J connectivity index is 1.92. The summed E-state index contributed by atoms with van der Waals surface area (Å²) in [5.41, 5.74) is 0.758. The molecule has 3 rings (SSSR count). The van der Waals surface area contributed by atoms with Crippen molar-refractivity contribution in [1.29, 1.82) is 0 Å². The molecule has 6 nitrogen and oxygen atoms in total. The molecule has 1 aromatic heterocycles. The highest BCUT2D eigenvalue weighted by Crippen LogP contribution is 2.41. The van der Waals surface area contributed by atoms with Crippen molar-refractivity contribution >= 4 is 11.8 Å². The Hall–Kier alpha value is -1.99. The number of fused-ring (bicyclic) bond motifs is 1. The summed E-state index contributed by atoms with van der Waals surface area (Å²) in [6.45, 7) is 6.45. The average Bonchev–Trinajstić information content (AvgIpc) is 2.86. The number of carbonyl (C=O) groups is 2. The number of rotatable bonds is 4. The predicted octanol–water partition coefficient (Wildman–Crippen LogP) is 3.79. The molecule has 2 heterocycles. The molecule has 2 amide bonds. The van der Waals surface area contributed by atoms with E-state index in [1.165, 1.54) is 0 Å². The zero-order valence-corrected chi connectivity index (χ0v) is 18.5. The number of halogens is 2. The first kappa shape index (κ1) is 22.7. The number of carbonyl (C=O) groups excluding carboxylic acids is 2. The van der Waals surface area contributed by atoms with E-state index in [4.69, 9.17) is 4.98 Å². The number of likely N-dealkylation sites (N-methyl/N-ethyl adjacent to an activating group) is 1. The Morgan fingerprint density at radius 3 is 2.43 bits per heavy atom. The van der Waals surface area contributed by atoms with Crippen molar-refractivity contribution in [1.82, 2.24) is 20.2 Å². The van der Waals surface area contributed by atoms with E-state index in [0.29, 0.717) is 18.5 Å². The molecule has 1 aromatic rings. The normalized spacial score (nSPS) is 20.7. The quantitative estimate of drug-likeness (QED) is 0.772. The van der Waals surface area contributed by atoms with Crippen molar-refractivity contribution in [3.05, 3.63) is 17.2 Å². The van der Waals surface area contributed by atoms with Gasteiger partial charge >= 0.3 is 0 Å². The van der Waals surface area contributed by atoms with Gasteiger partial charge in [-0.05, 0) is 37.5 Å². The van der Waals surface area contributed by atoms with Crippen molar-refractivity contribution in [3.8, 4) is 0 Å². The van der Waals surface area contributed by atoms with Crippen LogP contribution in [0.15, 0.2) is 0 Å². The van der Waals surface area contributed by atoms with E-state index in [2.05, 4.69) is 15.2 Å². The largest absolute Gasteiger partial charge is 0.357 e. The molecule has 1 aliphatic carbocycles. The molecule has 0 aromatic carbocycles. The van der Waals surface area contributed by atoms with Crippen molar-refractivity contribution < 1.29 is 18.4 Å². The smallest absolute Gasteiger partial charge is 0.272 e. The third kappa shape index (κ3) is 4.83. The van der Waals surface area contributed by atoms with Crippen molar-refractivity contribution in [2.24, 2.45) is 5.41 Å². The highest BCUT2D eigenvalue weighted by molar-refractivity contribution is 5.97. The first-order valence-corrected chi connectivity index (χ1v) is 11.0. The van der Waals surface area contributed by atoms with Gasteiger partial charge in [0.25, 0.3) is 5.91 Å². The van der Waals surface area contributed by atoms with E-state index >= 15 is 0 Å². The number of nitrogens with one attached hydrogen (secondary N) is 2. The van der Waals surface area contributed by atoms with Crippen molar-refractivity contribution in [3.63, 3.8) is 0 Å². The average molecular weight is 425 g/mol. The molecule has 1 saturated carbocycles. The van der Waals surface area contributed by atoms with E-state index in [-0.39, 0.29) is 30.6 Å². The fraction of sp³-hybridized carbons (Fsp3) is 0.773. The Labute approximate surface area is 177 Å². The lowest BCUT2D eigenvalue weighted by molar-refractivity contribution is -0.124. The van der Waals surface area contributed by atoms with E-state index in [1.54, 1.807) is 7.05 Å². The SMILES string of the molecule is CNC(=O)[C@@H](NC(=O)c1nc(C2CCC(F)(F)CC2)n2c1CCCCC2)C(C)(C)C. The number of imidazole rings is 1. The Morgan fingerprint density at radius 2 is 1.83 bits per heavy atom. The third-order valence-electron chi connectivity index (χ3n) is 6.34. The van der Waals surface area contributed by atoms with Crippen LogP contribution in [0.2, 0.25) is 0 Å². The summed E-state index contributed by atoms with van der Waals surface area (Å²) in [6.07, 6.45) is 4.25. The lowest BCUT2D eigenvalue weighted by Crippen LogP contribution is -2.53. The van der Waals surface area contributed by atoms with Gasteiger partial charge in [-0.25, -0.2) is 13.8 Å². The number of alkyl halides is 2. The van der Waals surface area contributed by atoms with Crippen molar-refractivity contribution in [2.45, 2.75) is 96.6 Å². The minimum Gasteiger partial charge on any atom is -0.357 e. The van der Waals surface area contributed by atoms with Crippen LogP contribution in [0.1, 0.15) is 93.6 Å². The molecule has 0 unspecified atom stereocenters. The summed E-state index contributed by atoms with van der Waals surface area (Å²) in [7, 11) is 1.55. The van der Waals surface area contributed by atoms with E-state index in [0.717, 1.165) is 43.7 Å². The molecule has 30 heavy (non-hydrogen) atoms. The van der Waals surface area contributed by atoms with Crippen LogP contribution in [-0.2, 0) is 17.8 Å². The van der Waals surface area contributed by atoms with Crippen molar-refractivity contribution in [2.75, 3.05) is 7.05 Å². The molecule has 1 atom stereocenters. The predicted molar refractivity (Wildman–Crippen MR) is 111 cm³/mol. The Kier molecular flexibility index (Phi) is 6.53. The minimum atomic E-state index is -2.60. The van der Waals surface area contributed by atoms with Crippen LogP contribution in [0.4, 0.5) is 8.78 Å². The molecule has 0 saturated heterocycles. The van der Waals surface area contributed by atoms with E-state index in [9.17, 15) is 18.4 Å². The third-order valence-corrected chi connectivity index (χ3v) is 6.34. The molecule has 1 aliphatic heterocycles. The van der Waals surface area contributed by atoms with E-state index < -0.39 is 17.4 Å². The first-order chi connectivity index (χ1) is 14.0. The molecule has 168 valence electrons. The van der Waals surface area contributed by atoms with Crippen LogP contribution in [0.3, 0.4) is 0 Å². The van der Waals surface area contributed by atoms with Gasteiger partial charge in [0.2, 0.25) is 11.8 Å². The van der Waals surface area contributed by atoms with Gasteiger partial charge in [-0.15, -0.1) is 0 Å². The van der Waals surface area contributed by atoms with E-state index in [1.807, 2.05) is 20.8 Å². The Bertz CT molecular complexity index is 788.